The number of nitrogens with two attached hydrogens (primary N) is 1. The Labute approximate surface area is 131 Å². The van der Waals surface area contributed by atoms with Gasteiger partial charge in [0.2, 0.25) is 0 Å². The number of carbonyl (C=O) groups excluding carboxylic acids is 1. The summed E-state index contributed by atoms with van der Waals surface area (Å²) in [5.41, 5.74) is 8.04. The second-order valence-electron chi connectivity index (χ2n) is 5.04. The lowest BCUT2D eigenvalue weighted by molar-refractivity contribution is -0.145. The first-order valence-electron chi connectivity index (χ1n) is 7.19. The molecule has 0 radical (unpaired) electrons. The van der Waals surface area contributed by atoms with Gasteiger partial charge in [0.25, 0.3) is 0 Å². The second-order valence-corrected chi connectivity index (χ2v) is 5.04. The van der Waals surface area contributed by atoms with Crippen LogP contribution in [0.3, 0.4) is 0 Å². The summed E-state index contributed by atoms with van der Waals surface area (Å²) < 4.78 is 5.19. The number of hydrogen-bond donors (Lipinski definition) is 2. The quantitative estimate of drug-likeness (QED) is 0.609. The van der Waals surface area contributed by atoms with Crippen LogP contribution in [0.25, 0.3) is 10.9 Å². The lowest BCUT2D eigenvalue weighted by Crippen LogP contribution is -2.34. The third-order valence-corrected chi connectivity index (χ3v) is 3.41. The lowest BCUT2D eigenvalue weighted by atomic mass is 10.1. The zero-order chi connectivity index (χ0) is 14.4. The molecule has 5 heteroatoms. The molecule has 2 aromatic rings. The molecular weight excluding hydrogens is 288 g/mol. The van der Waals surface area contributed by atoms with E-state index in [1.165, 1.54) is 0 Å². The van der Waals surface area contributed by atoms with Gasteiger partial charge in [-0.3, -0.25) is 4.79 Å². The van der Waals surface area contributed by atoms with Gasteiger partial charge in [-0.2, -0.15) is 0 Å². The molecule has 1 aromatic carbocycles. The molecule has 3 N–H and O–H groups in total. The molecule has 0 bridgehead atoms. The molecule has 0 amide bonds. The van der Waals surface area contributed by atoms with Crippen molar-refractivity contribution in [3.05, 3.63) is 36.0 Å². The number of hydrogen-bond acceptors (Lipinski definition) is 3. The molecule has 0 fully saturated rings. The summed E-state index contributed by atoms with van der Waals surface area (Å²) in [6.07, 6.45) is 5.50. The number of fused-ring (bicyclic) bond motifs is 1. The normalized spacial score (nSPS) is 11.9. The summed E-state index contributed by atoms with van der Waals surface area (Å²) >= 11 is 0. The molecule has 0 aliphatic carbocycles. The largest absolute Gasteiger partial charge is 0.465 e. The third kappa shape index (κ3) is 4.76. The number of ether oxygens (including phenoxy) is 1. The van der Waals surface area contributed by atoms with Gasteiger partial charge in [-0.25, -0.2) is 0 Å². The van der Waals surface area contributed by atoms with Crippen molar-refractivity contribution in [2.24, 2.45) is 5.73 Å². The Morgan fingerprint density at radius 3 is 2.86 bits per heavy atom. The van der Waals surface area contributed by atoms with E-state index in [9.17, 15) is 4.79 Å². The molecule has 0 spiro atoms. The van der Waals surface area contributed by atoms with Gasteiger partial charge in [0, 0.05) is 23.5 Å². The summed E-state index contributed by atoms with van der Waals surface area (Å²) in [5.74, 6) is -0.314. The average molecular weight is 311 g/mol. The Morgan fingerprint density at radius 1 is 1.33 bits per heavy atom. The highest BCUT2D eigenvalue weighted by Crippen LogP contribution is 2.18. The standard InChI is InChI=1S/C16H22N2O2.ClH/c1-2-3-6-9-20-16(19)14(17)10-12-11-18-15-8-5-4-7-13(12)15;/h4-5,7-8,11,14,18H,2-3,6,9-10,17H2,1H3;1H. The molecule has 0 aliphatic heterocycles. The Balaban J connectivity index is 0.00000220. The number of esters is 1. The first-order valence-corrected chi connectivity index (χ1v) is 7.19. The monoisotopic (exact) mass is 310 g/mol. The van der Waals surface area contributed by atoms with Gasteiger partial charge in [0.15, 0.2) is 0 Å². The van der Waals surface area contributed by atoms with Crippen LogP contribution in [-0.4, -0.2) is 23.6 Å². The van der Waals surface area contributed by atoms with Gasteiger partial charge in [-0.15, -0.1) is 12.4 Å². The van der Waals surface area contributed by atoms with Crippen LogP contribution in [0.4, 0.5) is 0 Å². The number of H-pyrrole nitrogens is 1. The van der Waals surface area contributed by atoms with Crippen molar-refractivity contribution in [3.8, 4) is 0 Å². The smallest absolute Gasteiger partial charge is 0.323 e. The fourth-order valence-corrected chi connectivity index (χ4v) is 2.25. The number of halogens is 1. The van der Waals surface area contributed by atoms with E-state index in [0.717, 1.165) is 35.7 Å². The second kappa shape index (κ2) is 8.70. The minimum absolute atomic E-state index is 0. The Morgan fingerprint density at radius 2 is 2.10 bits per heavy atom. The third-order valence-electron chi connectivity index (χ3n) is 3.41. The number of para-hydroxylation sites is 1. The summed E-state index contributed by atoms with van der Waals surface area (Å²) in [5, 5.41) is 1.11. The molecule has 1 heterocycles. The zero-order valence-corrected chi connectivity index (χ0v) is 13.1. The van der Waals surface area contributed by atoms with E-state index < -0.39 is 6.04 Å². The Kier molecular flexibility index (Phi) is 7.26. The Hall–Kier alpha value is -1.52. The van der Waals surface area contributed by atoms with Gasteiger partial charge in [0.05, 0.1) is 6.61 Å². The summed E-state index contributed by atoms with van der Waals surface area (Å²) in [6, 6.07) is 7.39. The van der Waals surface area contributed by atoms with Gasteiger partial charge in [0.1, 0.15) is 6.04 Å². The van der Waals surface area contributed by atoms with Crippen molar-refractivity contribution < 1.29 is 9.53 Å². The molecule has 0 saturated heterocycles. The highest BCUT2D eigenvalue weighted by Gasteiger charge is 2.17. The highest BCUT2D eigenvalue weighted by molar-refractivity contribution is 5.85. The topological polar surface area (TPSA) is 68.1 Å². The summed E-state index contributed by atoms with van der Waals surface area (Å²) in [4.78, 5) is 15.0. The van der Waals surface area contributed by atoms with Crippen LogP contribution in [0, 0.1) is 0 Å². The molecule has 1 aromatic heterocycles. The number of aromatic nitrogens is 1. The van der Waals surface area contributed by atoms with Crippen LogP contribution in [-0.2, 0) is 16.0 Å². The van der Waals surface area contributed by atoms with Crippen LogP contribution in [0.5, 0.6) is 0 Å². The maximum atomic E-state index is 11.8. The molecule has 0 saturated carbocycles. The molecular formula is C16H23ClN2O2. The number of benzene rings is 1. The van der Waals surface area contributed by atoms with Crippen LogP contribution in [0.2, 0.25) is 0 Å². The van der Waals surface area contributed by atoms with E-state index in [4.69, 9.17) is 10.5 Å². The zero-order valence-electron chi connectivity index (χ0n) is 12.3. The van der Waals surface area contributed by atoms with Crippen molar-refractivity contribution in [3.63, 3.8) is 0 Å². The van der Waals surface area contributed by atoms with Crippen LogP contribution < -0.4 is 5.73 Å². The Bertz CT molecular complexity index is 568. The fourth-order valence-electron chi connectivity index (χ4n) is 2.25. The first-order chi connectivity index (χ1) is 9.72. The maximum absolute atomic E-state index is 11.8. The predicted octanol–water partition coefficient (Wildman–Crippen LogP) is 3.19. The van der Waals surface area contributed by atoms with Crippen molar-refractivity contribution in [2.45, 2.75) is 38.6 Å². The van der Waals surface area contributed by atoms with Crippen molar-refractivity contribution in [2.75, 3.05) is 6.61 Å². The molecule has 1 atom stereocenters. The number of nitrogens with one attached hydrogen (secondary N) is 1. The molecule has 2 rings (SSSR count). The predicted molar refractivity (Wildman–Crippen MR) is 87.7 cm³/mol. The minimum Gasteiger partial charge on any atom is -0.465 e. The van der Waals surface area contributed by atoms with Crippen LogP contribution in [0.15, 0.2) is 30.5 Å². The van der Waals surface area contributed by atoms with E-state index in [2.05, 4.69) is 11.9 Å². The minimum atomic E-state index is -0.601. The van der Waals surface area contributed by atoms with E-state index >= 15 is 0 Å². The van der Waals surface area contributed by atoms with Crippen molar-refractivity contribution in [1.82, 2.24) is 4.98 Å². The fraction of sp³-hybridized carbons (Fsp3) is 0.438. The lowest BCUT2D eigenvalue weighted by Gasteiger charge is -2.11. The highest BCUT2D eigenvalue weighted by atomic mass is 35.5. The summed E-state index contributed by atoms with van der Waals surface area (Å²) in [7, 11) is 0. The average Bonchev–Trinajstić information content (AvgIpc) is 2.87. The van der Waals surface area contributed by atoms with Crippen molar-refractivity contribution in [1.29, 1.82) is 0 Å². The van der Waals surface area contributed by atoms with E-state index in [-0.39, 0.29) is 18.4 Å². The first kappa shape index (κ1) is 17.5. The van der Waals surface area contributed by atoms with E-state index in [0.29, 0.717) is 13.0 Å². The van der Waals surface area contributed by atoms with Gasteiger partial charge in [-0.05, 0) is 18.1 Å². The van der Waals surface area contributed by atoms with Gasteiger partial charge < -0.3 is 15.5 Å². The molecule has 4 nitrogen and oxygen atoms in total. The van der Waals surface area contributed by atoms with E-state index in [1.807, 2.05) is 30.5 Å². The number of aromatic amines is 1. The number of carbonyl (C=O) groups is 1. The SMILES string of the molecule is CCCCCOC(=O)C(N)Cc1c[nH]c2ccccc12.Cl. The molecule has 116 valence electrons. The van der Waals surface area contributed by atoms with Crippen LogP contribution >= 0.6 is 12.4 Å². The van der Waals surface area contributed by atoms with Crippen molar-refractivity contribution >= 4 is 29.3 Å². The van der Waals surface area contributed by atoms with Crippen LogP contribution in [0.1, 0.15) is 31.7 Å². The van der Waals surface area contributed by atoms with E-state index in [1.54, 1.807) is 0 Å². The number of unbranched alkanes of at least 4 members (excludes halogenated alkanes) is 2. The summed E-state index contributed by atoms with van der Waals surface area (Å²) in [6.45, 7) is 2.58. The van der Waals surface area contributed by atoms with Gasteiger partial charge >= 0.3 is 5.97 Å². The molecule has 0 aliphatic rings. The molecule has 1 unspecified atom stereocenters. The van der Waals surface area contributed by atoms with Gasteiger partial charge in [-0.1, -0.05) is 38.0 Å². The maximum Gasteiger partial charge on any atom is 0.323 e. The molecule has 21 heavy (non-hydrogen) atoms. The number of rotatable bonds is 7.